The molecule has 0 saturated heterocycles. The second-order valence-electron chi connectivity index (χ2n) is 4.42. The van der Waals surface area contributed by atoms with Gasteiger partial charge in [0, 0.05) is 10.9 Å². The zero-order valence-corrected chi connectivity index (χ0v) is 10.6. The Morgan fingerprint density at radius 2 is 2.26 bits per heavy atom. The van der Waals surface area contributed by atoms with Crippen LogP contribution in [0, 0.1) is 11.3 Å². The molecule has 0 spiro atoms. The van der Waals surface area contributed by atoms with E-state index < -0.39 is 0 Å². The van der Waals surface area contributed by atoms with Crippen LogP contribution >= 0.6 is 0 Å². The van der Waals surface area contributed by atoms with E-state index in [1.165, 1.54) is 0 Å². The van der Waals surface area contributed by atoms with E-state index in [1.807, 2.05) is 31.2 Å². The minimum absolute atomic E-state index is 0.188. The third-order valence-electron chi connectivity index (χ3n) is 3.26. The van der Waals surface area contributed by atoms with Crippen molar-refractivity contribution in [3.63, 3.8) is 0 Å². The van der Waals surface area contributed by atoms with E-state index in [9.17, 15) is 0 Å². The molecule has 1 atom stereocenters. The van der Waals surface area contributed by atoms with E-state index >= 15 is 0 Å². The molecule has 19 heavy (non-hydrogen) atoms. The maximum Gasteiger partial charge on any atom is 0.134 e. The van der Waals surface area contributed by atoms with Crippen molar-refractivity contribution >= 4 is 11.0 Å². The van der Waals surface area contributed by atoms with E-state index in [1.54, 1.807) is 12.5 Å². The number of rotatable bonds is 3. The summed E-state index contributed by atoms with van der Waals surface area (Å²) >= 11 is 0. The third-order valence-corrected chi connectivity index (χ3v) is 3.26. The first kappa shape index (κ1) is 11.5. The Bertz CT molecular complexity index is 748. The first-order chi connectivity index (χ1) is 9.33. The number of aromatic nitrogens is 2. The monoisotopic (exact) mass is 251 g/mol. The van der Waals surface area contributed by atoms with Crippen LogP contribution in [0.3, 0.4) is 0 Å². The molecule has 94 valence electrons. The SMILES string of the molecule is CCC(C#N)c1ncc(-c2coc3ccccc23)[nH]1. The van der Waals surface area contributed by atoms with Crippen molar-refractivity contribution in [2.75, 3.05) is 0 Å². The molecule has 1 unspecified atom stereocenters. The van der Waals surface area contributed by atoms with Crippen LogP contribution in [0.25, 0.3) is 22.2 Å². The highest BCUT2D eigenvalue weighted by Crippen LogP contribution is 2.30. The third kappa shape index (κ3) is 1.89. The van der Waals surface area contributed by atoms with Gasteiger partial charge in [0.05, 0.1) is 18.0 Å². The predicted molar refractivity (Wildman–Crippen MR) is 72.4 cm³/mol. The van der Waals surface area contributed by atoms with Crippen LogP contribution in [0.5, 0.6) is 0 Å². The second kappa shape index (κ2) is 4.62. The highest BCUT2D eigenvalue weighted by molar-refractivity contribution is 5.92. The lowest BCUT2D eigenvalue weighted by Gasteiger charge is -2.00. The number of imidazole rings is 1. The van der Waals surface area contributed by atoms with Gasteiger partial charge in [-0.05, 0) is 12.5 Å². The van der Waals surface area contributed by atoms with Gasteiger partial charge in [0.2, 0.25) is 0 Å². The van der Waals surface area contributed by atoms with E-state index in [2.05, 4.69) is 16.0 Å². The summed E-state index contributed by atoms with van der Waals surface area (Å²) < 4.78 is 5.51. The molecule has 0 bridgehead atoms. The van der Waals surface area contributed by atoms with Crippen molar-refractivity contribution in [3.05, 3.63) is 42.5 Å². The van der Waals surface area contributed by atoms with Gasteiger partial charge in [0.25, 0.3) is 0 Å². The van der Waals surface area contributed by atoms with Crippen molar-refractivity contribution in [1.29, 1.82) is 5.26 Å². The van der Waals surface area contributed by atoms with Crippen LogP contribution < -0.4 is 0 Å². The molecule has 4 heteroatoms. The Kier molecular flexibility index (Phi) is 2.81. The van der Waals surface area contributed by atoms with Gasteiger partial charge in [-0.15, -0.1) is 0 Å². The number of nitriles is 1. The molecule has 0 aliphatic carbocycles. The van der Waals surface area contributed by atoms with Crippen molar-refractivity contribution in [3.8, 4) is 17.3 Å². The fourth-order valence-corrected chi connectivity index (χ4v) is 2.18. The van der Waals surface area contributed by atoms with Gasteiger partial charge in [0.1, 0.15) is 23.6 Å². The van der Waals surface area contributed by atoms with E-state index in [0.717, 1.165) is 28.6 Å². The molecule has 1 aromatic carbocycles. The zero-order valence-electron chi connectivity index (χ0n) is 10.6. The maximum atomic E-state index is 9.06. The average Bonchev–Trinajstić information content (AvgIpc) is 3.06. The minimum Gasteiger partial charge on any atom is -0.464 e. The van der Waals surface area contributed by atoms with Crippen LogP contribution in [0.4, 0.5) is 0 Å². The van der Waals surface area contributed by atoms with Gasteiger partial charge in [0.15, 0.2) is 0 Å². The Labute approximate surface area is 110 Å². The van der Waals surface area contributed by atoms with Crippen molar-refractivity contribution in [2.45, 2.75) is 19.3 Å². The summed E-state index contributed by atoms with van der Waals surface area (Å²) in [6, 6.07) is 10.1. The topological polar surface area (TPSA) is 65.6 Å². The molecule has 3 aromatic rings. The number of para-hydroxylation sites is 1. The number of hydrogen-bond acceptors (Lipinski definition) is 3. The molecule has 2 heterocycles. The summed E-state index contributed by atoms with van der Waals surface area (Å²) in [7, 11) is 0. The molecular formula is C15H13N3O. The fourth-order valence-electron chi connectivity index (χ4n) is 2.18. The lowest BCUT2D eigenvalue weighted by molar-refractivity contribution is 0.617. The molecule has 3 rings (SSSR count). The summed E-state index contributed by atoms with van der Waals surface area (Å²) in [5.74, 6) is 0.525. The molecule has 0 amide bonds. The largest absolute Gasteiger partial charge is 0.464 e. The minimum atomic E-state index is -0.188. The number of nitrogens with one attached hydrogen (secondary N) is 1. The van der Waals surface area contributed by atoms with Gasteiger partial charge < -0.3 is 9.40 Å². The fraction of sp³-hybridized carbons (Fsp3) is 0.200. The number of fused-ring (bicyclic) bond motifs is 1. The Hall–Kier alpha value is -2.54. The molecule has 0 fully saturated rings. The highest BCUT2D eigenvalue weighted by Gasteiger charge is 2.15. The molecule has 0 aliphatic rings. The molecule has 0 saturated carbocycles. The van der Waals surface area contributed by atoms with Crippen LogP contribution in [0.15, 0.2) is 41.1 Å². The average molecular weight is 251 g/mol. The zero-order chi connectivity index (χ0) is 13.2. The maximum absolute atomic E-state index is 9.06. The van der Waals surface area contributed by atoms with Crippen molar-refractivity contribution in [1.82, 2.24) is 9.97 Å². The summed E-state index contributed by atoms with van der Waals surface area (Å²) in [4.78, 5) is 7.52. The number of benzene rings is 1. The van der Waals surface area contributed by atoms with Gasteiger partial charge in [-0.25, -0.2) is 4.98 Å². The number of aromatic amines is 1. The van der Waals surface area contributed by atoms with Crippen LogP contribution in [0.2, 0.25) is 0 Å². The summed E-state index contributed by atoms with van der Waals surface area (Å²) in [5.41, 5.74) is 2.71. The van der Waals surface area contributed by atoms with Gasteiger partial charge in [-0.1, -0.05) is 25.1 Å². The molecule has 0 radical (unpaired) electrons. The van der Waals surface area contributed by atoms with Gasteiger partial charge >= 0.3 is 0 Å². The highest BCUT2D eigenvalue weighted by atomic mass is 16.3. The Morgan fingerprint density at radius 1 is 1.42 bits per heavy atom. The van der Waals surface area contributed by atoms with Gasteiger partial charge in [-0.2, -0.15) is 5.26 Å². The molecule has 4 nitrogen and oxygen atoms in total. The Balaban J connectivity index is 2.06. The predicted octanol–water partition coefficient (Wildman–Crippen LogP) is 3.84. The standard InChI is InChI=1S/C15H13N3O/c1-2-10(7-16)15-17-8-13(18-15)12-9-19-14-6-4-3-5-11(12)14/h3-6,8-10H,2H2,1H3,(H,17,18). The molecule has 1 N–H and O–H groups in total. The number of hydrogen-bond donors (Lipinski definition) is 1. The summed E-state index contributed by atoms with van der Waals surface area (Å²) in [6.07, 6.45) is 4.22. The second-order valence-corrected chi connectivity index (χ2v) is 4.42. The smallest absolute Gasteiger partial charge is 0.134 e. The van der Waals surface area contributed by atoms with E-state index in [-0.39, 0.29) is 5.92 Å². The molecule has 0 aliphatic heterocycles. The van der Waals surface area contributed by atoms with Crippen LogP contribution in [-0.4, -0.2) is 9.97 Å². The normalized spacial score (nSPS) is 12.4. The number of furan rings is 1. The van der Waals surface area contributed by atoms with E-state index in [0.29, 0.717) is 5.82 Å². The van der Waals surface area contributed by atoms with Crippen molar-refractivity contribution < 1.29 is 4.42 Å². The number of H-pyrrole nitrogens is 1. The van der Waals surface area contributed by atoms with E-state index in [4.69, 9.17) is 9.68 Å². The lowest BCUT2D eigenvalue weighted by Crippen LogP contribution is -1.95. The summed E-state index contributed by atoms with van der Waals surface area (Å²) in [5, 5.41) is 10.1. The first-order valence-corrected chi connectivity index (χ1v) is 6.24. The molecule has 2 aromatic heterocycles. The van der Waals surface area contributed by atoms with Crippen LogP contribution in [-0.2, 0) is 0 Å². The number of nitrogens with zero attached hydrogens (tertiary/aromatic N) is 2. The van der Waals surface area contributed by atoms with Gasteiger partial charge in [-0.3, -0.25) is 0 Å². The van der Waals surface area contributed by atoms with Crippen LogP contribution in [0.1, 0.15) is 25.1 Å². The quantitative estimate of drug-likeness (QED) is 0.769. The lowest BCUT2D eigenvalue weighted by atomic mass is 10.1. The Morgan fingerprint density at radius 3 is 3.05 bits per heavy atom. The summed E-state index contributed by atoms with van der Waals surface area (Å²) in [6.45, 7) is 1.98. The van der Waals surface area contributed by atoms with Crippen molar-refractivity contribution in [2.24, 2.45) is 0 Å². The first-order valence-electron chi connectivity index (χ1n) is 6.24. The molecular weight excluding hydrogens is 238 g/mol.